The van der Waals surface area contributed by atoms with Gasteiger partial charge in [-0.05, 0) is 42.3 Å². The molecule has 2 N–H and O–H groups in total. The van der Waals surface area contributed by atoms with E-state index >= 15 is 0 Å². The van der Waals surface area contributed by atoms with Crippen molar-refractivity contribution in [3.8, 4) is 0 Å². The van der Waals surface area contributed by atoms with Crippen molar-refractivity contribution in [1.29, 1.82) is 0 Å². The normalized spacial score (nSPS) is 10.2. The molecule has 3 nitrogen and oxygen atoms in total. The van der Waals surface area contributed by atoms with E-state index < -0.39 is 6.03 Å². The number of rotatable bonds is 3. The molecule has 0 saturated carbocycles. The van der Waals surface area contributed by atoms with Crippen LogP contribution >= 0.6 is 0 Å². The van der Waals surface area contributed by atoms with Gasteiger partial charge < -0.3 is 10.6 Å². The minimum absolute atomic E-state index is 0.264. The van der Waals surface area contributed by atoms with Gasteiger partial charge in [-0.25, -0.2) is 13.6 Å². The summed E-state index contributed by atoms with van der Waals surface area (Å²) in [4.78, 5) is 11.6. The molecule has 5 heteroatoms. The van der Waals surface area contributed by atoms with Crippen LogP contribution < -0.4 is 10.6 Å². The van der Waals surface area contributed by atoms with Crippen molar-refractivity contribution in [2.24, 2.45) is 0 Å². The maximum Gasteiger partial charge on any atom is 0.319 e. The fourth-order valence-corrected chi connectivity index (χ4v) is 1.63. The zero-order valence-corrected chi connectivity index (χ0v) is 10.9. The molecule has 0 fully saturated rings. The summed E-state index contributed by atoms with van der Waals surface area (Å²) in [5.41, 5.74) is 1.67. The summed E-state index contributed by atoms with van der Waals surface area (Å²) in [6.07, 6.45) is 0. The number of carbonyl (C=O) groups excluding carboxylic acids is 1. The molecule has 104 valence electrons. The van der Waals surface area contributed by atoms with Gasteiger partial charge >= 0.3 is 6.03 Å². The number of hydrogen-bond acceptors (Lipinski definition) is 1. The molecule has 0 aliphatic rings. The monoisotopic (exact) mass is 276 g/mol. The molecule has 0 heterocycles. The minimum Gasteiger partial charge on any atom is -0.334 e. The van der Waals surface area contributed by atoms with E-state index in [0.717, 1.165) is 5.56 Å². The standard InChI is InChI=1S/C15H14F2N2O/c1-10-2-7-13(8-14(10)17)19-15(20)18-9-11-3-5-12(16)6-4-11/h2-8H,9H2,1H3,(H2,18,19,20). The Labute approximate surface area is 115 Å². The largest absolute Gasteiger partial charge is 0.334 e. The Hall–Kier alpha value is -2.43. The maximum absolute atomic E-state index is 13.3. The molecule has 2 aromatic carbocycles. The van der Waals surface area contributed by atoms with Crippen molar-refractivity contribution < 1.29 is 13.6 Å². The maximum atomic E-state index is 13.3. The first-order valence-electron chi connectivity index (χ1n) is 6.10. The highest BCUT2D eigenvalue weighted by Crippen LogP contribution is 2.13. The molecule has 0 aliphatic heterocycles. The van der Waals surface area contributed by atoms with E-state index in [1.807, 2.05) is 0 Å². The Kier molecular flexibility index (Phi) is 4.30. The topological polar surface area (TPSA) is 41.1 Å². The molecule has 2 aromatic rings. The van der Waals surface area contributed by atoms with Gasteiger partial charge in [0, 0.05) is 12.2 Å². The van der Waals surface area contributed by atoms with Crippen LogP contribution in [0.25, 0.3) is 0 Å². The van der Waals surface area contributed by atoms with Gasteiger partial charge in [0.1, 0.15) is 11.6 Å². The third-order valence-corrected chi connectivity index (χ3v) is 2.80. The number of amides is 2. The van der Waals surface area contributed by atoms with Gasteiger partial charge in [0.05, 0.1) is 0 Å². The Morgan fingerprint density at radius 1 is 1.10 bits per heavy atom. The van der Waals surface area contributed by atoms with Gasteiger partial charge in [0.25, 0.3) is 0 Å². The first-order valence-corrected chi connectivity index (χ1v) is 6.10. The summed E-state index contributed by atoms with van der Waals surface area (Å²) in [7, 11) is 0. The Balaban J connectivity index is 1.89. The van der Waals surface area contributed by atoms with Crippen molar-refractivity contribution in [1.82, 2.24) is 5.32 Å². The zero-order valence-electron chi connectivity index (χ0n) is 10.9. The van der Waals surface area contributed by atoms with Gasteiger partial charge in [-0.15, -0.1) is 0 Å². The smallest absolute Gasteiger partial charge is 0.319 e. The predicted octanol–water partition coefficient (Wildman–Crippen LogP) is 3.59. The Morgan fingerprint density at radius 2 is 1.80 bits per heavy atom. The zero-order chi connectivity index (χ0) is 14.5. The number of aryl methyl sites for hydroxylation is 1. The molecule has 0 radical (unpaired) electrons. The van der Waals surface area contributed by atoms with Crippen LogP contribution in [-0.4, -0.2) is 6.03 Å². The molecule has 0 aromatic heterocycles. The molecular weight excluding hydrogens is 262 g/mol. The number of benzene rings is 2. The lowest BCUT2D eigenvalue weighted by atomic mass is 10.2. The van der Waals surface area contributed by atoms with Gasteiger partial charge in [-0.2, -0.15) is 0 Å². The van der Waals surface area contributed by atoms with Crippen LogP contribution in [0.1, 0.15) is 11.1 Å². The van der Waals surface area contributed by atoms with E-state index in [2.05, 4.69) is 10.6 Å². The summed E-state index contributed by atoms with van der Waals surface area (Å²) in [6.45, 7) is 1.91. The number of anilines is 1. The van der Waals surface area contributed by atoms with E-state index in [4.69, 9.17) is 0 Å². The van der Waals surface area contributed by atoms with E-state index in [1.165, 1.54) is 18.2 Å². The Morgan fingerprint density at radius 3 is 2.45 bits per heavy atom. The molecule has 0 atom stereocenters. The summed E-state index contributed by atoms with van der Waals surface area (Å²) >= 11 is 0. The van der Waals surface area contributed by atoms with E-state index in [1.54, 1.807) is 31.2 Å². The van der Waals surface area contributed by atoms with Crippen molar-refractivity contribution >= 4 is 11.7 Å². The van der Waals surface area contributed by atoms with E-state index in [-0.39, 0.29) is 18.2 Å². The number of nitrogens with one attached hydrogen (secondary N) is 2. The molecule has 0 saturated heterocycles. The van der Waals surface area contributed by atoms with Crippen LogP contribution in [-0.2, 0) is 6.54 Å². The molecule has 0 unspecified atom stereocenters. The van der Waals surface area contributed by atoms with Crippen LogP contribution in [0.3, 0.4) is 0 Å². The number of urea groups is 1. The molecule has 20 heavy (non-hydrogen) atoms. The van der Waals surface area contributed by atoms with Gasteiger partial charge in [0.15, 0.2) is 0 Å². The summed E-state index contributed by atoms with van der Waals surface area (Å²) < 4.78 is 26.0. The lowest BCUT2D eigenvalue weighted by molar-refractivity contribution is 0.251. The second kappa shape index (κ2) is 6.14. The van der Waals surface area contributed by atoms with Crippen molar-refractivity contribution in [2.75, 3.05) is 5.32 Å². The molecule has 0 aliphatic carbocycles. The van der Waals surface area contributed by atoms with Crippen LogP contribution in [0.5, 0.6) is 0 Å². The molecule has 2 rings (SSSR count). The third kappa shape index (κ3) is 3.78. The second-order valence-electron chi connectivity index (χ2n) is 4.40. The highest BCUT2D eigenvalue weighted by Gasteiger charge is 2.04. The van der Waals surface area contributed by atoms with Crippen LogP contribution in [0.4, 0.5) is 19.3 Å². The van der Waals surface area contributed by atoms with Gasteiger partial charge in [-0.3, -0.25) is 0 Å². The second-order valence-corrected chi connectivity index (χ2v) is 4.40. The number of carbonyl (C=O) groups is 1. The van der Waals surface area contributed by atoms with Crippen molar-refractivity contribution in [3.63, 3.8) is 0 Å². The van der Waals surface area contributed by atoms with E-state index in [0.29, 0.717) is 11.3 Å². The highest BCUT2D eigenvalue weighted by molar-refractivity contribution is 5.89. The Bertz CT molecular complexity index is 612. The molecule has 2 amide bonds. The summed E-state index contributed by atoms with van der Waals surface area (Å²) in [6, 6.07) is 9.84. The van der Waals surface area contributed by atoms with Gasteiger partial charge in [-0.1, -0.05) is 18.2 Å². The quantitative estimate of drug-likeness (QED) is 0.883. The number of halogens is 2. The van der Waals surface area contributed by atoms with E-state index in [9.17, 15) is 13.6 Å². The van der Waals surface area contributed by atoms with Crippen molar-refractivity contribution in [3.05, 3.63) is 65.2 Å². The van der Waals surface area contributed by atoms with Crippen LogP contribution in [0.15, 0.2) is 42.5 Å². The average Bonchev–Trinajstić information content (AvgIpc) is 2.42. The molecule has 0 bridgehead atoms. The molecular formula is C15H14F2N2O. The summed E-state index contributed by atoms with van der Waals surface area (Å²) in [5.74, 6) is -0.699. The van der Waals surface area contributed by atoms with Crippen molar-refractivity contribution in [2.45, 2.75) is 13.5 Å². The SMILES string of the molecule is Cc1ccc(NC(=O)NCc2ccc(F)cc2)cc1F. The third-order valence-electron chi connectivity index (χ3n) is 2.80. The highest BCUT2D eigenvalue weighted by atomic mass is 19.1. The first kappa shape index (κ1) is 14.0. The van der Waals surface area contributed by atoms with Gasteiger partial charge in [0.2, 0.25) is 0 Å². The predicted molar refractivity (Wildman–Crippen MR) is 73.4 cm³/mol. The molecule has 0 spiro atoms. The minimum atomic E-state index is -0.447. The van der Waals surface area contributed by atoms with Crippen LogP contribution in [0, 0.1) is 18.6 Å². The summed E-state index contributed by atoms with van der Waals surface area (Å²) in [5, 5.41) is 5.13. The first-order chi connectivity index (χ1) is 9.54. The number of hydrogen-bond donors (Lipinski definition) is 2. The fraction of sp³-hybridized carbons (Fsp3) is 0.133. The lowest BCUT2D eigenvalue weighted by Gasteiger charge is -2.08. The average molecular weight is 276 g/mol. The fourth-order valence-electron chi connectivity index (χ4n) is 1.63. The lowest BCUT2D eigenvalue weighted by Crippen LogP contribution is -2.28. The van der Waals surface area contributed by atoms with Crippen LogP contribution in [0.2, 0.25) is 0 Å².